The van der Waals surface area contributed by atoms with Crippen LogP contribution in [0.5, 0.6) is 0 Å². The van der Waals surface area contributed by atoms with E-state index in [9.17, 15) is 19.2 Å². The molecule has 10 nitrogen and oxygen atoms in total. The molecule has 1 atom stereocenters. The van der Waals surface area contributed by atoms with Crippen molar-refractivity contribution in [2.75, 3.05) is 16.0 Å². The van der Waals surface area contributed by atoms with Gasteiger partial charge in [0.05, 0.1) is 23.3 Å². The molecule has 1 amide bonds. The van der Waals surface area contributed by atoms with E-state index in [0.717, 1.165) is 0 Å². The molecule has 2 aromatic heterocycles. The molecule has 13 heteroatoms. The van der Waals surface area contributed by atoms with E-state index in [2.05, 4.69) is 26.7 Å². The fourth-order valence-electron chi connectivity index (χ4n) is 4.80. The van der Waals surface area contributed by atoms with E-state index < -0.39 is 11.7 Å². The van der Waals surface area contributed by atoms with Gasteiger partial charge >= 0.3 is 0 Å². The van der Waals surface area contributed by atoms with Gasteiger partial charge in [-0.15, -0.1) is 10.2 Å². The number of nitriles is 1. The number of thioether (sulfide) groups is 1. The molecule has 1 aromatic carbocycles. The number of allylic oxidation sites excluding steroid dienone is 3. The van der Waals surface area contributed by atoms with Crippen LogP contribution in [0.15, 0.2) is 61.9 Å². The summed E-state index contributed by atoms with van der Waals surface area (Å²) in [5, 5.41) is 25.4. The number of ketones is 1. The fourth-order valence-corrected chi connectivity index (χ4v) is 6.48. The SMILES string of the molecule is Cc1cc(NC(=O)CSc2nnc(N3C(N)=C(C#N)C(c4ccc(F)cc4)C4=C3CC(C)(C)CC4=O)s2)no1. The number of benzene rings is 1. The second kappa shape index (κ2) is 10.3. The first kappa shape index (κ1) is 26.6. The van der Waals surface area contributed by atoms with Gasteiger partial charge in [0.2, 0.25) is 11.0 Å². The molecular weight excluding hydrogens is 541 g/mol. The average Bonchev–Trinajstić information content (AvgIpc) is 3.50. The third kappa shape index (κ3) is 5.30. The van der Waals surface area contributed by atoms with Crippen LogP contribution in [-0.2, 0) is 9.59 Å². The standard InChI is InChI=1S/C26H24FN7O3S2/c1-13-8-19(33-37-13)30-20(36)12-38-25-32-31-24(39-25)34-17-9-26(2,3)10-18(35)22(17)21(16(11-28)23(34)29)14-4-6-15(27)7-5-14/h4-8,21H,9-10,12,29H2,1-3H3,(H,30,33,36). The van der Waals surface area contributed by atoms with E-state index in [4.69, 9.17) is 10.3 Å². The molecule has 200 valence electrons. The largest absolute Gasteiger partial charge is 0.384 e. The quantitative estimate of drug-likeness (QED) is 0.404. The van der Waals surface area contributed by atoms with Gasteiger partial charge in [-0.3, -0.25) is 14.5 Å². The smallest absolute Gasteiger partial charge is 0.236 e. The number of aryl methyl sites for hydroxylation is 1. The summed E-state index contributed by atoms with van der Waals surface area (Å²) in [5.41, 5.74) is 8.14. The Morgan fingerprint density at radius 1 is 1.33 bits per heavy atom. The van der Waals surface area contributed by atoms with Crippen LogP contribution in [-0.4, -0.2) is 32.8 Å². The van der Waals surface area contributed by atoms with Crippen molar-refractivity contribution in [3.05, 3.63) is 70.1 Å². The number of rotatable bonds is 6. The summed E-state index contributed by atoms with van der Waals surface area (Å²) < 4.78 is 19.2. The van der Waals surface area contributed by atoms with E-state index >= 15 is 0 Å². The summed E-state index contributed by atoms with van der Waals surface area (Å²) in [6.45, 7) is 5.72. The van der Waals surface area contributed by atoms with Crippen molar-refractivity contribution < 1.29 is 18.5 Å². The maximum absolute atomic E-state index is 13.7. The number of halogens is 1. The maximum atomic E-state index is 13.7. The molecule has 3 heterocycles. The van der Waals surface area contributed by atoms with Gasteiger partial charge in [0, 0.05) is 23.8 Å². The fraction of sp³-hybridized carbons (Fsp3) is 0.308. The van der Waals surface area contributed by atoms with E-state index in [0.29, 0.717) is 50.7 Å². The van der Waals surface area contributed by atoms with Crippen LogP contribution < -0.4 is 16.0 Å². The maximum Gasteiger partial charge on any atom is 0.236 e. The highest BCUT2D eigenvalue weighted by atomic mass is 32.2. The molecule has 3 N–H and O–H groups in total. The van der Waals surface area contributed by atoms with Crippen LogP contribution in [0.3, 0.4) is 0 Å². The summed E-state index contributed by atoms with van der Waals surface area (Å²) in [6.07, 6.45) is 0.806. The first-order chi connectivity index (χ1) is 18.6. The minimum absolute atomic E-state index is 0.0570. The highest BCUT2D eigenvalue weighted by Crippen LogP contribution is 2.50. The number of carbonyl (C=O) groups is 2. The number of carbonyl (C=O) groups excluding carboxylic acids is 2. The monoisotopic (exact) mass is 565 g/mol. The molecule has 39 heavy (non-hydrogen) atoms. The van der Waals surface area contributed by atoms with E-state index in [1.54, 1.807) is 30.0 Å². The number of aromatic nitrogens is 3. The van der Waals surface area contributed by atoms with Crippen LogP contribution in [0, 0.1) is 29.5 Å². The third-order valence-electron chi connectivity index (χ3n) is 6.39. The molecule has 1 aliphatic heterocycles. The van der Waals surface area contributed by atoms with Crippen molar-refractivity contribution >= 4 is 45.7 Å². The van der Waals surface area contributed by atoms with Crippen molar-refractivity contribution in [3.63, 3.8) is 0 Å². The Hall–Kier alpha value is -4.02. The number of anilines is 2. The lowest BCUT2D eigenvalue weighted by molar-refractivity contribution is -0.118. The third-order valence-corrected chi connectivity index (χ3v) is 8.44. The van der Waals surface area contributed by atoms with Gasteiger partial charge in [0.1, 0.15) is 17.4 Å². The van der Waals surface area contributed by atoms with E-state index in [1.807, 2.05) is 13.8 Å². The zero-order chi connectivity index (χ0) is 27.9. The van der Waals surface area contributed by atoms with Gasteiger partial charge in [0.25, 0.3) is 0 Å². The Morgan fingerprint density at radius 2 is 2.08 bits per heavy atom. The molecule has 5 rings (SSSR count). The highest BCUT2D eigenvalue weighted by Gasteiger charge is 2.45. The lowest BCUT2D eigenvalue weighted by Gasteiger charge is -2.42. The molecule has 0 saturated heterocycles. The van der Waals surface area contributed by atoms with Crippen molar-refractivity contribution in [3.8, 4) is 6.07 Å². The van der Waals surface area contributed by atoms with Gasteiger partial charge in [-0.2, -0.15) is 5.26 Å². The predicted octanol–water partition coefficient (Wildman–Crippen LogP) is 4.65. The Labute approximate surface area is 231 Å². The lowest BCUT2D eigenvalue weighted by atomic mass is 9.69. The number of Topliss-reactive ketones (excluding diaryl/α,β-unsaturated/α-hetero) is 1. The molecule has 3 aromatic rings. The minimum atomic E-state index is -0.712. The second-order valence-electron chi connectivity index (χ2n) is 10.0. The molecule has 0 saturated carbocycles. The first-order valence-electron chi connectivity index (χ1n) is 12.0. The van der Waals surface area contributed by atoms with Gasteiger partial charge in [-0.1, -0.05) is 54.2 Å². The van der Waals surface area contributed by atoms with Crippen LogP contribution in [0.4, 0.5) is 15.3 Å². The number of nitrogens with two attached hydrogens (primary N) is 1. The van der Waals surface area contributed by atoms with Crippen LogP contribution in [0.25, 0.3) is 0 Å². The van der Waals surface area contributed by atoms with Crippen molar-refractivity contribution in [2.24, 2.45) is 11.1 Å². The van der Waals surface area contributed by atoms with E-state index in [1.165, 1.54) is 35.2 Å². The van der Waals surface area contributed by atoms with Crippen LogP contribution >= 0.6 is 23.1 Å². The Bertz CT molecular complexity index is 1570. The zero-order valence-electron chi connectivity index (χ0n) is 21.3. The number of amides is 1. The Kier molecular flexibility index (Phi) is 7.00. The predicted molar refractivity (Wildman–Crippen MR) is 144 cm³/mol. The van der Waals surface area contributed by atoms with Crippen molar-refractivity contribution in [1.29, 1.82) is 5.26 Å². The topological polar surface area (TPSA) is 151 Å². The molecule has 1 aliphatic carbocycles. The summed E-state index contributed by atoms with van der Waals surface area (Å²) >= 11 is 2.38. The van der Waals surface area contributed by atoms with Crippen LogP contribution in [0.2, 0.25) is 0 Å². The summed E-state index contributed by atoms with van der Waals surface area (Å²) in [7, 11) is 0. The minimum Gasteiger partial charge on any atom is -0.384 e. The van der Waals surface area contributed by atoms with Gasteiger partial charge < -0.3 is 15.6 Å². The van der Waals surface area contributed by atoms with Gasteiger partial charge in [0.15, 0.2) is 15.9 Å². The Morgan fingerprint density at radius 3 is 2.74 bits per heavy atom. The molecule has 0 spiro atoms. The zero-order valence-corrected chi connectivity index (χ0v) is 23.0. The molecule has 1 unspecified atom stereocenters. The molecule has 2 aliphatic rings. The average molecular weight is 566 g/mol. The van der Waals surface area contributed by atoms with E-state index in [-0.39, 0.29) is 34.3 Å². The van der Waals surface area contributed by atoms with Crippen molar-refractivity contribution in [1.82, 2.24) is 15.4 Å². The summed E-state index contributed by atoms with van der Waals surface area (Å²) in [6, 6.07) is 9.55. The number of nitrogens with one attached hydrogen (secondary N) is 1. The van der Waals surface area contributed by atoms with Gasteiger partial charge in [-0.05, 0) is 36.5 Å². The number of hydrogen-bond donors (Lipinski definition) is 2. The molecule has 0 bridgehead atoms. The first-order valence-corrected chi connectivity index (χ1v) is 13.8. The molecule has 0 radical (unpaired) electrons. The summed E-state index contributed by atoms with van der Waals surface area (Å²) in [5.74, 6) is -0.414. The number of nitrogens with zero attached hydrogens (tertiary/aromatic N) is 5. The number of hydrogen-bond acceptors (Lipinski definition) is 11. The normalized spacial score (nSPS) is 18.7. The van der Waals surface area contributed by atoms with Crippen LogP contribution in [0.1, 0.15) is 43.9 Å². The van der Waals surface area contributed by atoms with Crippen molar-refractivity contribution in [2.45, 2.75) is 43.9 Å². The Balaban J connectivity index is 1.48. The van der Waals surface area contributed by atoms with Gasteiger partial charge in [-0.25, -0.2) is 4.39 Å². The molecular formula is C26H24FN7O3S2. The second-order valence-corrected chi connectivity index (χ2v) is 12.2. The lowest BCUT2D eigenvalue weighted by Crippen LogP contribution is -2.42. The highest BCUT2D eigenvalue weighted by molar-refractivity contribution is 8.01. The summed E-state index contributed by atoms with van der Waals surface area (Å²) in [4.78, 5) is 27.5. The molecule has 0 fully saturated rings.